The number of piperidine rings is 1. The monoisotopic (exact) mass is 261 g/mol. The Kier molecular flexibility index (Phi) is 4.59. The van der Waals surface area contributed by atoms with Gasteiger partial charge in [0.1, 0.15) is 0 Å². The van der Waals surface area contributed by atoms with Crippen LogP contribution in [0.15, 0.2) is 24.3 Å². The van der Waals surface area contributed by atoms with E-state index in [0.29, 0.717) is 12.6 Å². The zero-order chi connectivity index (χ0) is 13.8. The Morgan fingerprint density at radius 1 is 1.42 bits per heavy atom. The first-order valence-electron chi connectivity index (χ1n) is 7.08. The summed E-state index contributed by atoms with van der Waals surface area (Å²) in [4.78, 5) is 13.4. The highest BCUT2D eigenvalue weighted by Crippen LogP contribution is 2.22. The molecule has 0 aliphatic carbocycles. The molecule has 3 heteroatoms. The predicted molar refractivity (Wildman–Crippen MR) is 76.3 cm³/mol. The van der Waals surface area contributed by atoms with Gasteiger partial charge in [-0.1, -0.05) is 29.8 Å². The highest BCUT2D eigenvalue weighted by Gasteiger charge is 2.29. The van der Waals surface area contributed by atoms with E-state index in [2.05, 4.69) is 43.0 Å². The van der Waals surface area contributed by atoms with Crippen LogP contribution in [0.5, 0.6) is 0 Å². The molecule has 2 atom stereocenters. The van der Waals surface area contributed by atoms with Crippen LogP contribution in [-0.2, 0) is 11.2 Å². The van der Waals surface area contributed by atoms with Gasteiger partial charge >= 0.3 is 5.97 Å². The minimum Gasteiger partial charge on any atom is -0.481 e. The summed E-state index contributed by atoms with van der Waals surface area (Å²) in [7, 11) is 0. The van der Waals surface area contributed by atoms with Crippen LogP contribution in [0.1, 0.15) is 30.9 Å². The number of hydrogen-bond donors (Lipinski definition) is 1. The molecule has 0 bridgehead atoms. The van der Waals surface area contributed by atoms with Crippen molar-refractivity contribution in [1.29, 1.82) is 0 Å². The second-order valence-corrected chi connectivity index (χ2v) is 5.70. The molecule has 1 N–H and O–H groups in total. The lowest BCUT2D eigenvalue weighted by Gasteiger charge is -2.36. The number of aliphatic carboxylic acids is 1. The van der Waals surface area contributed by atoms with E-state index in [1.54, 1.807) is 0 Å². The fourth-order valence-corrected chi connectivity index (χ4v) is 2.83. The van der Waals surface area contributed by atoms with Crippen LogP contribution in [0.3, 0.4) is 0 Å². The molecule has 1 aromatic rings. The molecular formula is C16H23NO2. The zero-order valence-electron chi connectivity index (χ0n) is 11.8. The molecular weight excluding hydrogens is 238 g/mol. The van der Waals surface area contributed by atoms with Gasteiger partial charge in [0.15, 0.2) is 0 Å². The Morgan fingerprint density at radius 3 is 2.89 bits per heavy atom. The molecule has 0 radical (unpaired) electrons. The number of carboxylic acids is 1. The Balaban J connectivity index is 1.92. The standard InChI is InChI=1S/C16H23NO2/c1-12-4-3-5-14(10-12)8-9-17-11-15(16(18)19)7-6-13(17)2/h3-5,10,13,15H,6-9,11H2,1-2H3,(H,18,19). The van der Waals surface area contributed by atoms with Crippen molar-refractivity contribution < 1.29 is 9.90 Å². The fraction of sp³-hybridized carbons (Fsp3) is 0.562. The second kappa shape index (κ2) is 6.20. The van der Waals surface area contributed by atoms with Crippen molar-refractivity contribution in [3.8, 4) is 0 Å². The van der Waals surface area contributed by atoms with Gasteiger partial charge in [0.2, 0.25) is 0 Å². The average Bonchev–Trinajstić information content (AvgIpc) is 2.37. The van der Waals surface area contributed by atoms with Crippen LogP contribution in [0, 0.1) is 12.8 Å². The Bertz CT molecular complexity index is 444. The summed E-state index contributed by atoms with van der Waals surface area (Å²) >= 11 is 0. The maximum atomic E-state index is 11.1. The quantitative estimate of drug-likeness (QED) is 0.906. The van der Waals surface area contributed by atoms with Crippen LogP contribution in [0.2, 0.25) is 0 Å². The first-order valence-corrected chi connectivity index (χ1v) is 7.08. The summed E-state index contributed by atoms with van der Waals surface area (Å²) in [6, 6.07) is 9.05. The van der Waals surface area contributed by atoms with Gasteiger partial charge in [0, 0.05) is 19.1 Å². The number of carbonyl (C=O) groups is 1. The van der Waals surface area contributed by atoms with Gasteiger partial charge < -0.3 is 5.11 Å². The number of nitrogens with zero attached hydrogens (tertiary/aromatic N) is 1. The first kappa shape index (κ1) is 14.1. The zero-order valence-corrected chi connectivity index (χ0v) is 11.8. The number of likely N-dealkylation sites (tertiary alicyclic amines) is 1. The molecule has 19 heavy (non-hydrogen) atoms. The van der Waals surface area contributed by atoms with Crippen LogP contribution in [0.25, 0.3) is 0 Å². The number of carboxylic acid groups (broad SMARTS) is 1. The van der Waals surface area contributed by atoms with Crippen LogP contribution >= 0.6 is 0 Å². The van der Waals surface area contributed by atoms with E-state index in [1.165, 1.54) is 11.1 Å². The molecule has 1 fully saturated rings. The lowest BCUT2D eigenvalue weighted by Crippen LogP contribution is -2.44. The molecule has 3 nitrogen and oxygen atoms in total. The van der Waals surface area contributed by atoms with Crippen molar-refractivity contribution in [2.75, 3.05) is 13.1 Å². The van der Waals surface area contributed by atoms with Crippen molar-refractivity contribution >= 4 is 5.97 Å². The SMILES string of the molecule is Cc1cccc(CCN2CC(C(=O)O)CCC2C)c1. The molecule has 1 aromatic carbocycles. The molecule has 1 aliphatic rings. The summed E-state index contributed by atoms with van der Waals surface area (Å²) in [6.07, 6.45) is 2.81. The summed E-state index contributed by atoms with van der Waals surface area (Å²) in [5.41, 5.74) is 2.62. The third-order valence-corrected chi connectivity index (χ3v) is 4.13. The maximum Gasteiger partial charge on any atom is 0.307 e. The van der Waals surface area contributed by atoms with Crippen LogP contribution in [0.4, 0.5) is 0 Å². The molecule has 2 rings (SSSR count). The molecule has 104 valence electrons. The largest absolute Gasteiger partial charge is 0.481 e. The van der Waals surface area contributed by atoms with Gasteiger partial charge in [-0.25, -0.2) is 0 Å². The summed E-state index contributed by atoms with van der Waals surface area (Å²) in [5, 5.41) is 9.14. The van der Waals surface area contributed by atoms with E-state index in [9.17, 15) is 4.79 Å². The summed E-state index contributed by atoms with van der Waals surface area (Å²) in [5.74, 6) is -0.832. The van der Waals surface area contributed by atoms with E-state index in [4.69, 9.17) is 5.11 Å². The van der Waals surface area contributed by atoms with Crippen LogP contribution < -0.4 is 0 Å². The first-order chi connectivity index (χ1) is 9.06. The van der Waals surface area contributed by atoms with Gasteiger partial charge in [-0.05, 0) is 38.7 Å². The molecule has 2 unspecified atom stereocenters. The fourth-order valence-electron chi connectivity index (χ4n) is 2.83. The average molecular weight is 261 g/mol. The number of hydrogen-bond acceptors (Lipinski definition) is 2. The van der Waals surface area contributed by atoms with Crippen molar-refractivity contribution in [1.82, 2.24) is 4.90 Å². The topological polar surface area (TPSA) is 40.5 Å². The number of aryl methyl sites for hydroxylation is 1. The highest BCUT2D eigenvalue weighted by molar-refractivity contribution is 5.70. The predicted octanol–water partition coefficient (Wildman–Crippen LogP) is 2.72. The number of benzene rings is 1. The lowest BCUT2D eigenvalue weighted by molar-refractivity contribution is -0.144. The molecule has 0 amide bonds. The van der Waals surface area contributed by atoms with Crippen molar-refractivity contribution in [2.45, 2.75) is 39.2 Å². The molecule has 0 spiro atoms. The van der Waals surface area contributed by atoms with Gasteiger partial charge in [0.05, 0.1) is 5.92 Å². The molecule has 0 aromatic heterocycles. The van der Waals surface area contributed by atoms with Gasteiger partial charge in [-0.15, -0.1) is 0 Å². The van der Waals surface area contributed by atoms with Gasteiger partial charge in [-0.3, -0.25) is 9.69 Å². The minimum absolute atomic E-state index is 0.186. The summed E-state index contributed by atoms with van der Waals surface area (Å²) < 4.78 is 0. The Morgan fingerprint density at radius 2 is 2.21 bits per heavy atom. The maximum absolute atomic E-state index is 11.1. The van der Waals surface area contributed by atoms with E-state index in [0.717, 1.165) is 25.8 Å². The lowest BCUT2D eigenvalue weighted by atomic mass is 9.93. The third-order valence-electron chi connectivity index (χ3n) is 4.13. The number of rotatable bonds is 4. The van der Waals surface area contributed by atoms with E-state index in [1.807, 2.05) is 0 Å². The molecule has 1 aliphatic heterocycles. The van der Waals surface area contributed by atoms with Gasteiger partial charge in [-0.2, -0.15) is 0 Å². The Labute approximate surface area is 115 Å². The van der Waals surface area contributed by atoms with E-state index < -0.39 is 5.97 Å². The molecule has 1 heterocycles. The molecule has 1 saturated heterocycles. The summed E-state index contributed by atoms with van der Waals surface area (Å²) in [6.45, 7) is 5.96. The molecule has 0 saturated carbocycles. The van der Waals surface area contributed by atoms with Gasteiger partial charge in [0.25, 0.3) is 0 Å². The van der Waals surface area contributed by atoms with Crippen LogP contribution in [-0.4, -0.2) is 35.1 Å². The minimum atomic E-state index is -0.646. The van der Waals surface area contributed by atoms with E-state index in [-0.39, 0.29) is 5.92 Å². The van der Waals surface area contributed by atoms with Crippen molar-refractivity contribution in [2.24, 2.45) is 5.92 Å². The second-order valence-electron chi connectivity index (χ2n) is 5.70. The Hall–Kier alpha value is -1.35. The van der Waals surface area contributed by atoms with Crippen molar-refractivity contribution in [3.63, 3.8) is 0 Å². The third kappa shape index (κ3) is 3.80. The van der Waals surface area contributed by atoms with E-state index >= 15 is 0 Å². The smallest absolute Gasteiger partial charge is 0.307 e. The van der Waals surface area contributed by atoms with Crippen molar-refractivity contribution in [3.05, 3.63) is 35.4 Å². The highest BCUT2D eigenvalue weighted by atomic mass is 16.4. The normalized spacial score (nSPS) is 24.3.